The Hall–Kier alpha value is -1.12. The van der Waals surface area contributed by atoms with E-state index in [1.54, 1.807) is 11.9 Å². The zero-order valence-corrected chi connectivity index (χ0v) is 10.9. The first-order valence-electron chi connectivity index (χ1n) is 5.81. The van der Waals surface area contributed by atoms with E-state index in [-0.39, 0.29) is 25.3 Å². The van der Waals surface area contributed by atoms with E-state index in [9.17, 15) is 13.2 Å². The summed E-state index contributed by atoms with van der Waals surface area (Å²) in [6.07, 6.45) is -3.07. The number of likely N-dealkylation sites (N-methyl/N-ethyl adjacent to an activating group) is 1. The second-order valence-corrected chi connectivity index (χ2v) is 4.25. The first-order valence-corrected chi connectivity index (χ1v) is 5.81. The van der Waals surface area contributed by atoms with Crippen LogP contribution in [0.3, 0.4) is 0 Å². The molecule has 1 N–H and O–H groups in total. The second kappa shape index (κ2) is 6.88. The molecule has 1 heterocycles. The van der Waals surface area contributed by atoms with Crippen LogP contribution in [0.5, 0.6) is 0 Å². The molecule has 0 aliphatic heterocycles. The molecule has 0 fully saturated rings. The highest BCUT2D eigenvalue weighted by Crippen LogP contribution is 2.30. The summed E-state index contributed by atoms with van der Waals surface area (Å²) in [6.45, 7) is 1.15. The third kappa shape index (κ3) is 5.17. The Labute approximate surface area is 109 Å². The maximum absolute atomic E-state index is 12.7. The van der Waals surface area contributed by atoms with E-state index in [1.165, 1.54) is 13.2 Å². The maximum atomic E-state index is 12.7. The van der Waals surface area contributed by atoms with Gasteiger partial charge in [-0.25, -0.2) is 0 Å². The molecule has 8 heteroatoms. The molecular formula is C11H18F3N3O2. The normalized spacial score (nSPS) is 12.4. The standard InChI is InChI=1S/C11H18F3N3O2/c1-16(3-5-19-6-4-18)7-9-8-17(2)15-10(9)11(12,13)14/h8,18H,3-7H2,1-2H3. The van der Waals surface area contributed by atoms with Crippen molar-refractivity contribution in [3.63, 3.8) is 0 Å². The Morgan fingerprint density at radius 3 is 2.68 bits per heavy atom. The SMILES string of the molecule is CN(CCOCCO)Cc1cn(C)nc1C(F)(F)F. The number of nitrogens with zero attached hydrogens (tertiary/aromatic N) is 3. The lowest BCUT2D eigenvalue weighted by Crippen LogP contribution is -2.24. The number of aryl methyl sites for hydroxylation is 1. The van der Waals surface area contributed by atoms with Gasteiger partial charge in [0.15, 0.2) is 5.69 Å². The number of hydrogen-bond donors (Lipinski definition) is 1. The number of alkyl halides is 3. The van der Waals surface area contributed by atoms with Crippen LogP contribution in [-0.2, 0) is 24.5 Å². The predicted octanol–water partition coefficient (Wildman–Crippen LogP) is 0.880. The van der Waals surface area contributed by atoms with Crippen molar-refractivity contribution in [2.24, 2.45) is 7.05 Å². The number of rotatable bonds is 7. The van der Waals surface area contributed by atoms with Crippen LogP contribution in [0.4, 0.5) is 13.2 Å². The van der Waals surface area contributed by atoms with Crippen molar-refractivity contribution in [2.75, 3.05) is 33.4 Å². The fourth-order valence-corrected chi connectivity index (χ4v) is 1.65. The van der Waals surface area contributed by atoms with Gasteiger partial charge in [0, 0.05) is 31.9 Å². The van der Waals surface area contributed by atoms with E-state index in [0.29, 0.717) is 13.2 Å². The average molecular weight is 281 g/mol. The molecule has 0 amide bonds. The number of halogens is 3. The van der Waals surface area contributed by atoms with Crippen LogP contribution in [0.15, 0.2) is 6.20 Å². The van der Waals surface area contributed by atoms with Gasteiger partial charge in [0.1, 0.15) is 0 Å². The minimum atomic E-state index is -4.44. The van der Waals surface area contributed by atoms with Crippen LogP contribution in [0.25, 0.3) is 0 Å². The van der Waals surface area contributed by atoms with Crippen molar-refractivity contribution >= 4 is 0 Å². The highest BCUT2D eigenvalue weighted by atomic mass is 19.4. The predicted molar refractivity (Wildman–Crippen MR) is 62.4 cm³/mol. The molecule has 0 atom stereocenters. The van der Waals surface area contributed by atoms with Gasteiger partial charge < -0.3 is 9.84 Å². The van der Waals surface area contributed by atoms with Gasteiger partial charge >= 0.3 is 6.18 Å². The Morgan fingerprint density at radius 1 is 1.42 bits per heavy atom. The molecule has 0 spiro atoms. The van der Waals surface area contributed by atoms with Crippen molar-refractivity contribution in [2.45, 2.75) is 12.7 Å². The molecule has 0 saturated heterocycles. The smallest absolute Gasteiger partial charge is 0.394 e. The summed E-state index contributed by atoms with van der Waals surface area (Å²) in [4.78, 5) is 1.71. The van der Waals surface area contributed by atoms with E-state index < -0.39 is 11.9 Å². The molecular weight excluding hydrogens is 263 g/mol. The van der Waals surface area contributed by atoms with Crippen LogP contribution in [-0.4, -0.2) is 53.2 Å². The second-order valence-electron chi connectivity index (χ2n) is 4.25. The lowest BCUT2D eigenvalue weighted by molar-refractivity contribution is -0.142. The molecule has 19 heavy (non-hydrogen) atoms. The molecule has 1 aromatic heterocycles. The Balaban J connectivity index is 2.56. The number of hydrogen-bond acceptors (Lipinski definition) is 4. The highest BCUT2D eigenvalue weighted by Gasteiger charge is 2.36. The lowest BCUT2D eigenvalue weighted by atomic mass is 10.2. The molecule has 0 unspecified atom stereocenters. The summed E-state index contributed by atoms with van der Waals surface area (Å²) in [5.74, 6) is 0. The van der Waals surface area contributed by atoms with Gasteiger partial charge in [-0.15, -0.1) is 0 Å². The van der Waals surface area contributed by atoms with Crippen molar-refractivity contribution in [1.29, 1.82) is 0 Å². The zero-order chi connectivity index (χ0) is 14.5. The third-order valence-electron chi connectivity index (χ3n) is 2.47. The first kappa shape index (κ1) is 15.9. The fourth-order valence-electron chi connectivity index (χ4n) is 1.65. The Morgan fingerprint density at radius 2 is 2.11 bits per heavy atom. The quantitative estimate of drug-likeness (QED) is 0.754. The minimum absolute atomic E-state index is 0.0649. The number of aromatic nitrogens is 2. The summed E-state index contributed by atoms with van der Waals surface area (Å²) < 4.78 is 44.4. The van der Waals surface area contributed by atoms with E-state index in [2.05, 4.69) is 5.10 Å². The molecule has 0 radical (unpaired) electrons. The maximum Gasteiger partial charge on any atom is 0.435 e. The lowest BCUT2D eigenvalue weighted by Gasteiger charge is -2.16. The molecule has 0 aliphatic carbocycles. The van der Waals surface area contributed by atoms with E-state index in [0.717, 1.165) is 4.68 Å². The van der Waals surface area contributed by atoms with Gasteiger partial charge in [-0.3, -0.25) is 9.58 Å². The van der Waals surface area contributed by atoms with Gasteiger partial charge in [0.2, 0.25) is 0 Å². The van der Waals surface area contributed by atoms with Gasteiger partial charge in [-0.2, -0.15) is 18.3 Å². The monoisotopic (exact) mass is 281 g/mol. The summed E-state index contributed by atoms with van der Waals surface area (Å²) in [7, 11) is 3.17. The molecule has 110 valence electrons. The molecule has 5 nitrogen and oxygen atoms in total. The molecule has 1 rings (SSSR count). The fraction of sp³-hybridized carbons (Fsp3) is 0.727. The first-order chi connectivity index (χ1) is 8.84. The largest absolute Gasteiger partial charge is 0.435 e. The van der Waals surface area contributed by atoms with Crippen molar-refractivity contribution in [1.82, 2.24) is 14.7 Å². The van der Waals surface area contributed by atoms with Gasteiger partial charge in [-0.05, 0) is 7.05 Å². The van der Waals surface area contributed by atoms with Crippen LogP contribution in [0, 0.1) is 0 Å². The molecule has 0 saturated carbocycles. The number of aliphatic hydroxyl groups is 1. The minimum Gasteiger partial charge on any atom is -0.394 e. The van der Waals surface area contributed by atoms with Crippen molar-refractivity contribution in [3.8, 4) is 0 Å². The van der Waals surface area contributed by atoms with Crippen molar-refractivity contribution in [3.05, 3.63) is 17.5 Å². The van der Waals surface area contributed by atoms with E-state index >= 15 is 0 Å². The van der Waals surface area contributed by atoms with E-state index in [4.69, 9.17) is 9.84 Å². The van der Waals surface area contributed by atoms with Crippen LogP contribution >= 0.6 is 0 Å². The van der Waals surface area contributed by atoms with Crippen LogP contribution < -0.4 is 0 Å². The van der Waals surface area contributed by atoms with Crippen LogP contribution in [0.1, 0.15) is 11.3 Å². The molecule has 0 bridgehead atoms. The number of aliphatic hydroxyl groups excluding tert-OH is 1. The molecule has 0 aromatic carbocycles. The molecule has 0 aliphatic rings. The third-order valence-corrected chi connectivity index (χ3v) is 2.47. The van der Waals surface area contributed by atoms with Gasteiger partial charge in [-0.1, -0.05) is 0 Å². The topological polar surface area (TPSA) is 50.5 Å². The number of ether oxygens (including phenoxy) is 1. The average Bonchev–Trinajstić information content (AvgIpc) is 2.65. The Bertz CT molecular complexity index is 393. The zero-order valence-electron chi connectivity index (χ0n) is 10.9. The van der Waals surface area contributed by atoms with Gasteiger partial charge in [0.05, 0.1) is 19.8 Å². The summed E-state index contributed by atoms with van der Waals surface area (Å²) in [6, 6.07) is 0. The molecule has 1 aromatic rings. The Kier molecular flexibility index (Phi) is 5.77. The summed E-state index contributed by atoms with van der Waals surface area (Å²) in [5.41, 5.74) is -0.710. The van der Waals surface area contributed by atoms with E-state index in [1.807, 2.05) is 0 Å². The van der Waals surface area contributed by atoms with Crippen molar-refractivity contribution < 1.29 is 23.0 Å². The highest BCUT2D eigenvalue weighted by molar-refractivity contribution is 5.19. The van der Waals surface area contributed by atoms with Crippen LogP contribution in [0.2, 0.25) is 0 Å². The van der Waals surface area contributed by atoms with Gasteiger partial charge in [0.25, 0.3) is 0 Å². The summed E-state index contributed by atoms with van der Waals surface area (Å²) in [5, 5.41) is 12.0. The summed E-state index contributed by atoms with van der Waals surface area (Å²) >= 11 is 0.